The molecule has 1 aromatic rings. The van der Waals surface area contributed by atoms with Crippen LogP contribution in [0.25, 0.3) is 0 Å². The van der Waals surface area contributed by atoms with E-state index < -0.39 is 29.7 Å². The fraction of sp³-hybridized carbons (Fsp3) is 0.600. The van der Waals surface area contributed by atoms with E-state index >= 15 is 0 Å². The van der Waals surface area contributed by atoms with Crippen LogP contribution in [0.4, 0.5) is 0 Å². The number of aryl methyl sites for hydroxylation is 1. The monoisotopic (exact) mass is 242 g/mol. The van der Waals surface area contributed by atoms with Crippen LogP contribution in [0.5, 0.6) is 0 Å². The van der Waals surface area contributed by atoms with Crippen molar-refractivity contribution in [2.24, 2.45) is 0 Å². The smallest absolute Gasteiger partial charge is 0.330 e. The van der Waals surface area contributed by atoms with Crippen molar-refractivity contribution in [1.29, 1.82) is 0 Å². The van der Waals surface area contributed by atoms with Crippen molar-refractivity contribution in [2.75, 3.05) is 6.61 Å². The zero-order chi connectivity index (χ0) is 12.6. The highest BCUT2D eigenvalue weighted by Crippen LogP contribution is 2.27. The standard InChI is InChI=1S/C10H14N2O5/c1-5-3-12(10(16)11-9(5)15)8-2-6(14)7(4-13)17-8/h3,6-8,13-14H,2,4H2,1H3,(H,11,15,16)/t6?,7?,8-/m0/s1. The maximum absolute atomic E-state index is 11.6. The summed E-state index contributed by atoms with van der Waals surface area (Å²) in [5.41, 5.74) is -0.643. The molecular formula is C10H14N2O5. The first-order chi connectivity index (χ1) is 8.02. The van der Waals surface area contributed by atoms with E-state index in [0.29, 0.717) is 5.56 Å². The molecule has 2 heterocycles. The number of hydrogen-bond donors (Lipinski definition) is 3. The van der Waals surface area contributed by atoms with E-state index in [1.165, 1.54) is 10.8 Å². The van der Waals surface area contributed by atoms with Crippen LogP contribution in [-0.2, 0) is 4.74 Å². The third-order valence-corrected chi connectivity index (χ3v) is 2.84. The highest BCUT2D eigenvalue weighted by molar-refractivity contribution is 5.02. The van der Waals surface area contributed by atoms with Gasteiger partial charge in [0.25, 0.3) is 5.56 Å². The van der Waals surface area contributed by atoms with E-state index in [2.05, 4.69) is 4.98 Å². The van der Waals surface area contributed by atoms with Crippen molar-refractivity contribution in [3.8, 4) is 0 Å². The number of aromatic amines is 1. The lowest BCUT2D eigenvalue weighted by molar-refractivity contribution is -0.0459. The first-order valence-electron chi connectivity index (χ1n) is 5.29. The maximum Gasteiger partial charge on any atom is 0.330 e. The van der Waals surface area contributed by atoms with Gasteiger partial charge in [-0.05, 0) is 6.92 Å². The Morgan fingerprint density at radius 3 is 2.88 bits per heavy atom. The highest BCUT2D eigenvalue weighted by atomic mass is 16.5. The molecule has 94 valence electrons. The van der Waals surface area contributed by atoms with Crippen LogP contribution in [0.3, 0.4) is 0 Å². The lowest BCUT2D eigenvalue weighted by Crippen LogP contribution is -2.33. The molecule has 7 heteroatoms. The number of nitrogens with one attached hydrogen (secondary N) is 1. The molecule has 2 unspecified atom stereocenters. The summed E-state index contributed by atoms with van der Waals surface area (Å²) in [7, 11) is 0. The number of aliphatic hydroxyl groups is 2. The summed E-state index contributed by atoms with van der Waals surface area (Å²) in [6.45, 7) is 1.26. The fourth-order valence-electron chi connectivity index (χ4n) is 1.85. The Labute approximate surface area is 96.3 Å². The number of ether oxygens (including phenoxy) is 1. The fourth-order valence-corrected chi connectivity index (χ4v) is 1.85. The lowest BCUT2D eigenvalue weighted by Gasteiger charge is -2.14. The van der Waals surface area contributed by atoms with E-state index in [-0.39, 0.29) is 13.0 Å². The van der Waals surface area contributed by atoms with Crippen LogP contribution in [0.2, 0.25) is 0 Å². The van der Waals surface area contributed by atoms with Gasteiger partial charge in [-0.25, -0.2) is 4.79 Å². The summed E-state index contributed by atoms with van der Waals surface area (Å²) in [4.78, 5) is 24.9. The van der Waals surface area contributed by atoms with Gasteiger partial charge < -0.3 is 14.9 Å². The van der Waals surface area contributed by atoms with Crippen molar-refractivity contribution in [3.05, 3.63) is 32.6 Å². The number of aliphatic hydroxyl groups excluding tert-OH is 2. The van der Waals surface area contributed by atoms with Crippen molar-refractivity contribution in [3.63, 3.8) is 0 Å². The second-order valence-electron chi connectivity index (χ2n) is 4.09. The zero-order valence-electron chi connectivity index (χ0n) is 9.29. The summed E-state index contributed by atoms with van der Waals surface area (Å²) < 4.78 is 6.54. The molecule has 2 rings (SSSR count). The van der Waals surface area contributed by atoms with Crippen molar-refractivity contribution >= 4 is 0 Å². The molecule has 3 atom stereocenters. The third-order valence-electron chi connectivity index (χ3n) is 2.84. The van der Waals surface area contributed by atoms with Gasteiger partial charge in [-0.2, -0.15) is 0 Å². The second kappa shape index (κ2) is 4.44. The molecule has 0 aromatic carbocycles. The third kappa shape index (κ3) is 2.17. The quantitative estimate of drug-likeness (QED) is 0.584. The van der Waals surface area contributed by atoms with Crippen LogP contribution in [0, 0.1) is 6.92 Å². The van der Waals surface area contributed by atoms with E-state index in [9.17, 15) is 14.7 Å². The molecule has 0 amide bonds. The molecule has 0 bridgehead atoms. The predicted molar refractivity (Wildman–Crippen MR) is 57.7 cm³/mol. The van der Waals surface area contributed by atoms with Crippen molar-refractivity contribution < 1.29 is 14.9 Å². The van der Waals surface area contributed by atoms with Gasteiger partial charge in [-0.3, -0.25) is 14.3 Å². The summed E-state index contributed by atoms with van der Waals surface area (Å²) in [6.07, 6.45) is -0.581. The van der Waals surface area contributed by atoms with Crippen LogP contribution < -0.4 is 11.2 Å². The molecular weight excluding hydrogens is 228 g/mol. The Kier molecular flexibility index (Phi) is 3.14. The molecule has 1 aliphatic heterocycles. The van der Waals surface area contributed by atoms with Gasteiger partial charge in [0, 0.05) is 18.2 Å². The van der Waals surface area contributed by atoms with Gasteiger partial charge in [0.05, 0.1) is 12.7 Å². The highest BCUT2D eigenvalue weighted by Gasteiger charge is 2.34. The van der Waals surface area contributed by atoms with Gasteiger partial charge in [-0.15, -0.1) is 0 Å². The summed E-state index contributed by atoms with van der Waals surface area (Å²) in [5, 5.41) is 18.5. The van der Waals surface area contributed by atoms with E-state index in [4.69, 9.17) is 9.84 Å². The van der Waals surface area contributed by atoms with Crippen molar-refractivity contribution in [2.45, 2.75) is 31.8 Å². The molecule has 3 N–H and O–H groups in total. The average Bonchev–Trinajstić information content (AvgIpc) is 2.65. The zero-order valence-corrected chi connectivity index (χ0v) is 9.29. The Balaban J connectivity index is 2.34. The van der Waals surface area contributed by atoms with E-state index in [0.717, 1.165) is 0 Å². The van der Waals surface area contributed by atoms with E-state index in [1.807, 2.05) is 0 Å². The molecule has 1 saturated heterocycles. The molecule has 17 heavy (non-hydrogen) atoms. The number of nitrogens with zero attached hydrogens (tertiary/aromatic N) is 1. The molecule has 0 aliphatic carbocycles. The number of aromatic nitrogens is 2. The molecule has 7 nitrogen and oxygen atoms in total. The minimum absolute atomic E-state index is 0.205. The van der Waals surface area contributed by atoms with Gasteiger partial charge in [0.15, 0.2) is 0 Å². The first kappa shape index (κ1) is 12.0. The Morgan fingerprint density at radius 2 is 2.29 bits per heavy atom. The summed E-state index contributed by atoms with van der Waals surface area (Å²) in [6, 6.07) is 0. The summed E-state index contributed by atoms with van der Waals surface area (Å²) >= 11 is 0. The van der Waals surface area contributed by atoms with Gasteiger partial charge >= 0.3 is 5.69 Å². The SMILES string of the molecule is Cc1cn([C@@H]2CC(O)C(CO)O2)c(=O)[nH]c1=O. The maximum atomic E-state index is 11.6. The Bertz CT molecular complexity index is 520. The molecule has 1 fully saturated rings. The summed E-state index contributed by atoms with van der Waals surface area (Å²) in [5.74, 6) is 0. The molecule has 0 radical (unpaired) electrons. The minimum atomic E-state index is -0.816. The number of rotatable bonds is 2. The largest absolute Gasteiger partial charge is 0.394 e. The van der Waals surface area contributed by atoms with Crippen LogP contribution in [0.15, 0.2) is 15.8 Å². The normalized spacial score (nSPS) is 28.5. The van der Waals surface area contributed by atoms with Gasteiger partial charge in [0.2, 0.25) is 0 Å². The Hall–Kier alpha value is -1.44. The molecule has 1 aromatic heterocycles. The molecule has 1 aliphatic rings. The van der Waals surface area contributed by atoms with Crippen LogP contribution in [-0.4, -0.2) is 38.6 Å². The Morgan fingerprint density at radius 1 is 1.59 bits per heavy atom. The number of H-pyrrole nitrogens is 1. The minimum Gasteiger partial charge on any atom is -0.394 e. The lowest BCUT2D eigenvalue weighted by atomic mass is 10.2. The molecule has 0 spiro atoms. The van der Waals surface area contributed by atoms with Gasteiger partial charge in [0.1, 0.15) is 12.3 Å². The topological polar surface area (TPSA) is 105 Å². The first-order valence-corrected chi connectivity index (χ1v) is 5.29. The van der Waals surface area contributed by atoms with Crippen LogP contribution in [0.1, 0.15) is 18.2 Å². The van der Waals surface area contributed by atoms with Crippen LogP contribution >= 0.6 is 0 Å². The van der Waals surface area contributed by atoms with Gasteiger partial charge in [-0.1, -0.05) is 0 Å². The van der Waals surface area contributed by atoms with E-state index in [1.54, 1.807) is 6.92 Å². The van der Waals surface area contributed by atoms with Crippen molar-refractivity contribution in [1.82, 2.24) is 9.55 Å². The molecule has 0 saturated carbocycles. The number of hydrogen-bond acceptors (Lipinski definition) is 5. The predicted octanol–water partition coefficient (Wildman–Crippen LogP) is -1.51. The second-order valence-corrected chi connectivity index (χ2v) is 4.09. The average molecular weight is 242 g/mol.